The van der Waals surface area contributed by atoms with Crippen LogP contribution in [0.2, 0.25) is 5.02 Å². The van der Waals surface area contributed by atoms with Gasteiger partial charge >= 0.3 is 12.1 Å². The summed E-state index contributed by atoms with van der Waals surface area (Å²) < 4.78 is 45.1. The quantitative estimate of drug-likeness (QED) is 0.346. The molecule has 1 aliphatic rings. The number of halogens is 4. The largest absolute Gasteiger partial charge is 0.446 e. The summed E-state index contributed by atoms with van der Waals surface area (Å²) in [5.74, 6) is -3.40. The summed E-state index contributed by atoms with van der Waals surface area (Å²) in [6.45, 7) is 1.28. The molecule has 0 saturated heterocycles. The molecule has 0 bridgehead atoms. The van der Waals surface area contributed by atoms with Crippen molar-refractivity contribution in [1.29, 1.82) is 0 Å². The summed E-state index contributed by atoms with van der Waals surface area (Å²) in [5.41, 5.74) is -0.903. The van der Waals surface area contributed by atoms with E-state index in [0.717, 1.165) is 11.0 Å². The van der Waals surface area contributed by atoms with Crippen LogP contribution >= 0.6 is 11.6 Å². The fourth-order valence-electron chi connectivity index (χ4n) is 3.81. The maximum atomic E-state index is 13.2. The number of esters is 1. The minimum atomic E-state index is -4.76. The lowest BCUT2D eigenvalue weighted by atomic mass is 10.1. The first-order chi connectivity index (χ1) is 17.5. The molecule has 2 atom stereocenters. The zero-order valence-electron chi connectivity index (χ0n) is 19.1. The maximum absolute atomic E-state index is 13.2. The van der Waals surface area contributed by atoms with E-state index in [0.29, 0.717) is 6.07 Å². The highest BCUT2D eigenvalue weighted by atomic mass is 35.5. The average Bonchev–Trinajstić information content (AvgIpc) is 3.12. The third-order valence-corrected chi connectivity index (χ3v) is 6.00. The van der Waals surface area contributed by atoms with Crippen LogP contribution in [0.15, 0.2) is 72.8 Å². The van der Waals surface area contributed by atoms with Crippen LogP contribution in [0.25, 0.3) is 0 Å². The van der Waals surface area contributed by atoms with Crippen LogP contribution in [0.4, 0.5) is 18.9 Å². The lowest BCUT2D eigenvalue weighted by Crippen LogP contribution is -2.44. The molecule has 11 heteroatoms. The van der Waals surface area contributed by atoms with E-state index < -0.39 is 52.6 Å². The number of carbonyl (C=O) groups is 4. The predicted octanol–water partition coefficient (Wildman–Crippen LogP) is 5.27. The smallest absolute Gasteiger partial charge is 0.417 e. The van der Waals surface area contributed by atoms with Gasteiger partial charge in [0.25, 0.3) is 17.7 Å². The summed E-state index contributed by atoms with van der Waals surface area (Å²) in [5, 5.41) is 1.75. The topological polar surface area (TPSA) is 92.8 Å². The minimum absolute atomic E-state index is 0.132. The summed E-state index contributed by atoms with van der Waals surface area (Å²) in [7, 11) is 0. The van der Waals surface area contributed by atoms with Crippen molar-refractivity contribution in [3.8, 4) is 0 Å². The van der Waals surface area contributed by atoms with Crippen LogP contribution in [0.3, 0.4) is 0 Å². The monoisotopic (exact) mass is 530 g/mol. The van der Waals surface area contributed by atoms with Gasteiger partial charge in [-0.15, -0.1) is 0 Å². The molecule has 3 aromatic rings. The Morgan fingerprint density at radius 1 is 0.919 bits per heavy atom. The van der Waals surface area contributed by atoms with Crippen molar-refractivity contribution in [3.63, 3.8) is 0 Å². The standard InChI is InChI=1S/C26H18ClF3N2O5/c1-14(32-23(34)17-9-5-6-10-18(17)24(32)35)25(36)37-21(15-7-3-2-4-8-15)22(33)31-16-11-12-20(27)19(13-16)26(28,29)30/h2-14,21H,1H3,(H,31,33)/t14-,21-/m0/s1. The Labute approximate surface area is 213 Å². The molecule has 0 aliphatic carbocycles. The second-order valence-corrected chi connectivity index (χ2v) is 8.52. The second-order valence-electron chi connectivity index (χ2n) is 8.11. The predicted molar refractivity (Wildman–Crippen MR) is 127 cm³/mol. The highest BCUT2D eigenvalue weighted by Gasteiger charge is 2.42. The van der Waals surface area contributed by atoms with Gasteiger partial charge in [0.1, 0.15) is 6.04 Å². The van der Waals surface area contributed by atoms with Crippen LogP contribution < -0.4 is 5.32 Å². The molecule has 37 heavy (non-hydrogen) atoms. The Kier molecular flexibility index (Phi) is 7.04. The maximum Gasteiger partial charge on any atom is 0.417 e. The number of anilines is 1. The Morgan fingerprint density at radius 2 is 1.49 bits per heavy atom. The first-order valence-electron chi connectivity index (χ1n) is 10.9. The number of alkyl halides is 3. The number of hydrogen-bond donors (Lipinski definition) is 1. The van der Waals surface area contributed by atoms with Crippen molar-refractivity contribution in [3.05, 3.63) is 100 Å². The van der Waals surface area contributed by atoms with Gasteiger partial charge in [-0.2, -0.15) is 13.2 Å². The van der Waals surface area contributed by atoms with Crippen molar-refractivity contribution in [2.45, 2.75) is 25.2 Å². The molecule has 1 aliphatic heterocycles. The van der Waals surface area contributed by atoms with Crippen LogP contribution in [0.1, 0.15) is 44.9 Å². The summed E-state index contributed by atoms with van der Waals surface area (Å²) in [6.07, 6.45) is -6.36. The normalized spacial score (nSPS) is 14.7. The molecule has 0 spiro atoms. The number of ether oxygens (including phenoxy) is 1. The Morgan fingerprint density at radius 3 is 2.05 bits per heavy atom. The Bertz CT molecular complexity index is 1360. The fraction of sp³-hybridized carbons (Fsp3) is 0.154. The molecule has 3 amide bonds. The molecule has 0 radical (unpaired) electrons. The molecule has 3 aromatic carbocycles. The second kappa shape index (κ2) is 10.1. The van der Waals surface area contributed by atoms with E-state index in [4.69, 9.17) is 16.3 Å². The van der Waals surface area contributed by atoms with Crippen molar-refractivity contribution in [1.82, 2.24) is 4.90 Å². The van der Waals surface area contributed by atoms with E-state index in [1.807, 2.05) is 0 Å². The zero-order chi connectivity index (χ0) is 26.9. The van der Waals surface area contributed by atoms with E-state index in [1.54, 1.807) is 30.3 Å². The number of benzene rings is 3. The molecule has 0 saturated carbocycles. The van der Waals surface area contributed by atoms with Crippen molar-refractivity contribution in [2.75, 3.05) is 5.32 Å². The molecule has 1 N–H and O–H groups in total. The van der Waals surface area contributed by atoms with Gasteiger partial charge in [0.2, 0.25) is 6.10 Å². The summed E-state index contributed by atoms with van der Waals surface area (Å²) >= 11 is 5.64. The number of carbonyl (C=O) groups excluding carboxylic acids is 4. The number of nitrogens with one attached hydrogen (secondary N) is 1. The highest BCUT2D eigenvalue weighted by Crippen LogP contribution is 2.36. The van der Waals surface area contributed by atoms with Gasteiger partial charge in [-0.25, -0.2) is 4.79 Å². The Balaban J connectivity index is 1.58. The molecule has 0 unspecified atom stereocenters. The van der Waals surface area contributed by atoms with E-state index in [1.165, 1.54) is 37.3 Å². The number of imide groups is 1. The van der Waals surface area contributed by atoms with Gasteiger partial charge in [0.15, 0.2) is 0 Å². The lowest BCUT2D eigenvalue weighted by molar-refractivity contribution is -0.158. The third-order valence-electron chi connectivity index (χ3n) is 5.67. The average molecular weight is 531 g/mol. The highest BCUT2D eigenvalue weighted by molar-refractivity contribution is 6.31. The first-order valence-corrected chi connectivity index (χ1v) is 11.3. The number of fused-ring (bicyclic) bond motifs is 1. The SMILES string of the molecule is C[C@@H](C(=O)O[C@H](C(=O)Nc1ccc(Cl)c(C(F)(F)F)c1)c1ccccc1)N1C(=O)c2ccccc2C1=O. The number of nitrogens with zero attached hydrogens (tertiary/aromatic N) is 1. The van der Waals surface area contributed by atoms with E-state index >= 15 is 0 Å². The van der Waals surface area contributed by atoms with Gasteiger partial charge in [0, 0.05) is 11.3 Å². The molecule has 1 heterocycles. The van der Waals surface area contributed by atoms with Crippen molar-refractivity contribution in [2.24, 2.45) is 0 Å². The minimum Gasteiger partial charge on any atom is -0.446 e. The van der Waals surface area contributed by atoms with E-state index in [-0.39, 0.29) is 22.4 Å². The Hall–Kier alpha value is -4.18. The van der Waals surface area contributed by atoms with Gasteiger partial charge < -0.3 is 10.1 Å². The number of amides is 3. The van der Waals surface area contributed by atoms with E-state index in [9.17, 15) is 32.3 Å². The van der Waals surface area contributed by atoms with Crippen LogP contribution in [-0.4, -0.2) is 34.6 Å². The number of hydrogen-bond acceptors (Lipinski definition) is 5. The molecular weight excluding hydrogens is 513 g/mol. The third kappa shape index (κ3) is 5.19. The van der Waals surface area contributed by atoms with Crippen LogP contribution in [0, 0.1) is 0 Å². The van der Waals surface area contributed by atoms with Gasteiger partial charge in [-0.3, -0.25) is 19.3 Å². The first kappa shape index (κ1) is 25.9. The molecule has 0 aromatic heterocycles. The number of rotatable bonds is 6. The molecule has 4 rings (SSSR count). The van der Waals surface area contributed by atoms with Gasteiger partial charge in [-0.05, 0) is 37.3 Å². The van der Waals surface area contributed by atoms with Crippen LogP contribution in [0.5, 0.6) is 0 Å². The fourth-order valence-corrected chi connectivity index (χ4v) is 4.03. The molecule has 0 fully saturated rings. The van der Waals surface area contributed by atoms with Crippen molar-refractivity contribution < 1.29 is 37.1 Å². The van der Waals surface area contributed by atoms with Gasteiger partial charge in [-0.1, -0.05) is 54.1 Å². The molecular formula is C26H18ClF3N2O5. The lowest BCUT2D eigenvalue weighted by Gasteiger charge is -2.24. The summed E-state index contributed by atoms with van der Waals surface area (Å²) in [4.78, 5) is 52.3. The van der Waals surface area contributed by atoms with Gasteiger partial charge in [0.05, 0.1) is 21.7 Å². The van der Waals surface area contributed by atoms with Crippen LogP contribution in [-0.2, 0) is 20.5 Å². The molecule has 7 nitrogen and oxygen atoms in total. The summed E-state index contributed by atoms with van der Waals surface area (Å²) in [6, 6.07) is 15.2. The zero-order valence-corrected chi connectivity index (χ0v) is 19.8. The van der Waals surface area contributed by atoms with Crippen molar-refractivity contribution >= 4 is 41.0 Å². The van der Waals surface area contributed by atoms with E-state index in [2.05, 4.69) is 5.32 Å². The molecule has 190 valence electrons.